The van der Waals surface area contributed by atoms with Crippen molar-refractivity contribution in [3.63, 3.8) is 0 Å². The van der Waals surface area contributed by atoms with E-state index in [1.807, 2.05) is 24.3 Å². The lowest BCUT2D eigenvalue weighted by atomic mass is 10.1. The molecule has 0 radical (unpaired) electrons. The Morgan fingerprint density at radius 1 is 1.22 bits per heavy atom. The molecule has 7 heteroatoms. The predicted molar refractivity (Wildman–Crippen MR) is 101 cm³/mol. The fraction of sp³-hybridized carbons (Fsp3) is 0.200. The van der Waals surface area contributed by atoms with Crippen LogP contribution in [0.3, 0.4) is 0 Å². The van der Waals surface area contributed by atoms with Gasteiger partial charge in [0.2, 0.25) is 0 Å². The molecule has 5 nitrogen and oxygen atoms in total. The summed E-state index contributed by atoms with van der Waals surface area (Å²) in [5.41, 5.74) is 1.51. The largest absolute Gasteiger partial charge is 0.496 e. The first-order chi connectivity index (χ1) is 13.0. The van der Waals surface area contributed by atoms with E-state index in [-0.39, 0.29) is 11.6 Å². The molecule has 2 aromatic carbocycles. The summed E-state index contributed by atoms with van der Waals surface area (Å²) in [7, 11) is 1.59. The lowest BCUT2D eigenvalue weighted by Gasteiger charge is -2.09. The number of carbonyl (C=O) groups excluding carboxylic acids is 2. The highest BCUT2D eigenvalue weighted by Gasteiger charge is 2.06. The third kappa shape index (κ3) is 6.75. The molecule has 0 heterocycles. The molecule has 0 aromatic heterocycles. The van der Waals surface area contributed by atoms with Crippen LogP contribution >= 0.6 is 11.6 Å². The Morgan fingerprint density at radius 2 is 2.00 bits per heavy atom. The van der Waals surface area contributed by atoms with Crippen LogP contribution in [-0.4, -0.2) is 32.1 Å². The second-order valence-electron chi connectivity index (χ2n) is 5.53. The zero-order valence-corrected chi connectivity index (χ0v) is 15.5. The Bertz CT molecular complexity index is 838. The standard InChI is InChI=1S/C20H19ClFNO4/c1-26-18-5-3-2-4-15(18)10-11-23-19(24)13-27-20(25)9-7-14-6-8-17(22)16(21)12-14/h2-9,12H,10-11,13H2,1H3,(H,23,24)/b9-7+. The van der Waals surface area contributed by atoms with Gasteiger partial charge in [0, 0.05) is 12.6 Å². The average Bonchev–Trinajstić information content (AvgIpc) is 2.67. The Labute approximate surface area is 161 Å². The highest BCUT2D eigenvalue weighted by Crippen LogP contribution is 2.17. The van der Waals surface area contributed by atoms with E-state index in [1.54, 1.807) is 7.11 Å². The fourth-order valence-corrected chi connectivity index (χ4v) is 2.45. The molecule has 0 saturated carbocycles. The maximum atomic E-state index is 13.1. The predicted octanol–water partition coefficient (Wildman–Crippen LogP) is 3.40. The van der Waals surface area contributed by atoms with Crippen molar-refractivity contribution in [2.45, 2.75) is 6.42 Å². The Hall–Kier alpha value is -2.86. The van der Waals surface area contributed by atoms with Gasteiger partial charge in [0.05, 0.1) is 12.1 Å². The summed E-state index contributed by atoms with van der Waals surface area (Å²) < 4.78 is 23.2. The molecule has 0 aliphatic heterocycles. The molecular formula is C20H19ClFNO4. The second kappa shape index (κ2) is 10.3. The molecule has 0 bridgehead atoms. The van der Waals surface area contributed by atoms with Crippen molar-refractivity contribution in [3.8, 4) is 5.75 Å². The van der Waals surface area contributed by atoms with Gasteiger partial charge in [-0.05, 0) is 41.8 Å². The minimum Gasteiger partial charge on any atom is -0.496 e. The molecule has 2 aromatic rings. The average molecular weight is 392 g/mol. The van der Waals surface area contributed by atoms with Gasteiger partial charge in [-0.15, -0.1) is 0 Å². The normalized spacial score (nSPS) is 10.6. The molecule has 0 aliphatic carbocycles. The SMILES string of the molecule is COc1ccccc1CCNC(=O)COC(=O)/C=C/c1ccc(F)c(Cl)c1. The number of benzene rings is 2. The topological polar surface area (TPSA) is 64.6 Å². The molecule has 0 fully saturated rings. The van der Waals surface area contributed by atoms with Crippen LogP contribution in [0.2, 0.25) is 5.02 Å². The number of hydrogen-bond acceptors (Lipinski definition) is 4. The van der Waals surface area contributed by atoms with Gasteiger partial charge in [-0.25, -0.2) is 9.18 Å². The van der Waals surface area contributed by atoms with Gasteiger partial charge in [-0.3, -0.25) is 4.79 Å². The van der Waals surface area contributed by atoms with Crippen LogP contribution in [0.4, 0.5) is 4.39 Å². The van der Waals surface area contributed by atoms with Crippen LogP contribution in [0.5, 0.6) is 5.75 Å². The van der Waals surface area contributed by atoms with Crippen LogP contribution in [0.25, 0.3) is 6.08 Å². The van der Waals surface area contributed by atoms with Crippen LogP contribution in [0, 0.1) is 5.82 Å². The molecule has 0 saturated heterocycles. The van der Waals surface area contributed by atoms with E-state index >= 15 is 0 Å². The first-order valence-electron chi connectivity index (χ1n) is 8.18. The molecule has 0 unspecified atom stereocenters. The monoisotopic (exact) mass is 391 g/mol. The van der Waals surface area contributed by atoms with Gasteiger partial charge >= 0.3 is 5.97 Å². The van der Waals surface area contributed by atoms with Crippen molar-refractivity contribution in [2.75, 3.05) is 20.3 Å². The van der Waals surface area contributed by atoms with Gasteiger partial charge in [-0.2, -0.15) is 0 Å². The first-order valence-corrected chi connectivity index (χ1v) is 8.56. The highest BCUT2D eigenvalue weighted by molar-refractivity contribution is 6.30. The van der Waals surface area contributed by atoms with Crippen molar-refractivity contribution >= 4 is 29.6 Å². The van der Waals surface area contributed by atoms with Crippen molar-refractivity contribution in [3.05, 3.63) is 70.5 Å². The number of halogens is 2. The van der Waals surface area contributed by atoms with Crippen LogP contribution in [0.15, 0.2) is 48.5 Å². The third-order valence-electron chi connectivity index (χ3n) is 3.61. The van der Waals surface area contributed by atoms with Gasteiger partial charge in [0.25, 0.3) is 5.91 Å². The van der Waals surface area contributed by atoms with E-state index in [2.05, 4.69) is 5.32 Å². The summed E-state index contributed by atoms with van der Waals surface area (Å²) in [5, 5.41) is 2.63. The first kappa shape index (κ1) is 20.5. The zero-order chi connectivity index (χ0) is 19.6. The number of para-hydroxylation sites is 1. The molecule has 1 amide bonds. The summed E-state index contributed by atoms with van der Waals surface area (Å²) in [6, 6.07) is 11.6. The lowest BCUT2D eigenvalue weighted by molar-refractivity contribution is -0.143. The number of esters is 1. The number of hydrogen-bond donors (Lipinski definition) is 1. The number of nitrogens with one attached hydrogen (secondary N) is 1. The smallest absolute Gasteiger partial charge is 0.331 e. The molecule has 1 N–H and O–H groups in total. The van der Waals surface area contributed by atoms with E-state index in [4.69, 9.17) is 21.1 Å². The summed E-state index contributed by atoms with van der Waals surface area (Å²) >= 11 is 5.66. The zero-order valence-electron chi connectivity index (χ0n) is 14.7. The number of ether oxygens (including phenoxy) is 2. The van der Waals surface area contributed by atoms with E-state index in [0.717, 1.165) is 17.4 Å². The van der Waals surface area contributed by atoms with Crippen LogP contribution in [0.1, 0.15) is 11.1 Å². The van der Waals surface area contributed by atoms with Crippen molar-refractivity contribution in [1.82, 2.24) is 5.32 Å². The summed E-state index contributed by atoms with van der Waals surface area (Å²) in [6.45, 7) is -0.0000527. The van der Waals surface area contributed by atoms with Crippen LogP contribution < -0.4 is 10.1 Å². The number of carbonyl (C=O) groups is 2. The van der Waals surface area contributed by atoms with Gasteiger partial charge < -0.3 is 14.8 Å². The third-order valence-corrected chi connectivity index (χ3v) is 3.90. The van der Waals surface area contributed by atoms with Gasteiger partial charge in [0.1, 0.15) is 11.6 Å². The summed E-state index contributed by atoms with van der Waals surface area (Å²) in [4.78, 5) is 23.4. The molecule has 0 atom stereocenters. The highest BCUT2D eigenvalue weighted by atomic mass is 35.5. The minimum absolute atomic E-state index is 0.0417. The second-order valence-corrected chi connectivity index (χ2v) is 5.93. The molecular weight excluding hydrogens is 373 g/mol. The number of methoxy groups -OCH3 is 1. The van der Waals surface area contributed by atoms with Crippen molar-refractivity contribution < 1.29 is 23.5 Å². The fourth-order valence-electron chi connectivity index (χ4n) is 2.26. The van der Waals surface area contributed by atoms with Crippen molar-refractivity contribution in [1.29, 1.82) is 0 Å². The van der Waals surface area contributed by atoms with Gasteiger partial charge in [-0.1, -0.05) is 35.9 Å². The number of amides is 1. The Balaban J connectivity index is 1.72. The molecule has 0 aliphatic rings. The van der Waals surface area contributed by atoms with Crippen molar-refractivity contribution in [2.24, 2.45) is 0 Å². The van der Waals surface area contributed by atoms with E-state index in [9.17, 15) is 14.0 Å². The van der Waals surface area contributed by atoms with Crippen LogP contribution in [-0.2, 0) is 20.7 Å². The number of rotatable bonds is 8. The maximum absolute atomic E-state index is 13.1. The van der Waals surface area contributed by atoms with Gasteiger partial charge in [0.15, 0.2) is 6.61 Å². The van der Waals surface area contributed by atoms with E-state index < -0.39 is 17.7 Å². The maximum Gasteiger partial charge on any atom is 0.331 e. The summed E-state index contributed by atoms with van der Waals surface area (Å²) in [6.07, 6.45) is 3.16. The Morgan fingerprint density at radius 3 is 2.74 bits per heavy atom. The molecule has 0 spiro atoms. The minimum atomic E-state index is -0.685. The molecule has 2 rings (SSSR count). The lowest BCUT2D eigenvalue weighted by Crippen LogP contribution is -2.30. The van der Waals surface area contributed by atoms with E-state index in [1.165, 1.54) is 24.3 Å². The Kier molecular flexibility index (Phi) is 7.82. The molecule has 27 heavy (non-hydrogen) atoms. The van der Waals surface area contributed by atoms with E-state index in [0.29, 0.717) is 18.5 Å². The quantitative estimate of drug-likeness (QED) is 0.553. The summed E-state index contributed by atoms with van der Waals surface area (Å²) in [5.74, 6) is -0.878. The molecule has 142 valence electrons.